The highest BCUT2D eigenvalue weighted by molar-refractivity contribution is 8.00. The molecule has 1 N–H and O–H groups in total. The van der Waals surface area contributed by atoms with E-state index in [0.717, 1.165) is 43.1 Å². The Bertz CT molecular complexity index is 778. The summed E-state index contributed by atoms with van der Waals surface area (Å²) in [6.45, 7) is 6.03. The van der Waals surface area contributed by atoms with E-state index < -0.39 is 0 Å². The monoisotopic (exact) mass is 374 g/mol. The fourth-order valence-electron chi connectivity index (χ4n) is 3.50. The van der Waals surface area contributed by atoms with Crippen molar-refractivity contribution in [3.05, 3.63) is 52.2 Å². The van der Waals surface area contributed by atoms with Crippen LogP contribution < -0.4 is 5.69 Å². The largest absolute Gasteiger partial charge is 0.343 e. The molecule has 0 saturated carbocycles. The van der Waals surface area contributed by atoms with Crippen molar-refractivity contribution in [2.24, 2.45) is 0 Å². The maximum atomic E-state index is 12.5. The Labute approximate surface area is 158 Å². The van der Waals surface area contributed by atoms with Crippen molar-refractivity contribution in [3.63, 3.8) is 0 Å². The highest BCUT2D eigenvalue weighted by Crippen LogP contribution is 2.27. The predicted molar refractivity (Wildman–Crippen MR) is 105 cm³/mol. The fraction of sp³-hybridized carbons (Fsp3) is 0.526. The molecular weight excluding hydrogens is 348 g/mol. The lowest BCUT2D eigenvalue weighted by Gasteiger charge is -2.33. The molecule has 2 aromatic rings. The molecule has 1 amide bonds. The van der Waals surface area contributed by atoms with Gasteiger partial charge in [-0.1, -0.05) is 37.3 Å². The van der Waals surface area contributed by atoms with Crippen molar-refractivity contribution in [1.29, 1.82) is 0 Å². The quantitative estimate of drug-likeness (QED) is 0.843. The van der Waals surface area contributed by atoms with Gasteiger partial charge in [0.1, 0.15) is 5.82 Å². The van der Waals surface area contributed by atoms with Crippen LogP contribution in [-0.2, 0) is 11.3 Å². The van der Waals surface area contributed by atoms with Crippen molar-refractivity contribution in [2.45, 2.75) is 44.4 Å². The van der Waals surface area contributed by atoms with Gasteiger partial charge in [0.2, 0.25) is 5.91 Å². The first-order valence-corrected chi connectivity index (χ1v) is 10.2. The number of aromatic amines is 1. The van der Waals surface area contributed by atoms with Gasteiger partial charge < -0.3 is 4.90 Å². The van der Waals surface area contributed by atoms with E-state index in [4.69, 9.17) is 0 Å². The second-order valence-corrected chi connectivity index (χ2v) is 8.27. The van der Waals surface area contributed by atoms with Crippen LogP contribution in [0.2, 0.25) is 0 Å². The number of likely N-dealkylation sites (tertiary alicyclic amines) is 1. The molecule has 0 aliphatic carbocycles. The summed E-state index contributed by atoms with van der Waals surface area (Å²) in [6.07, 6.45) is 1.68. The minimum Gasteiger partial charge on any atom is -0.342 e. The van der Waals surface area contributed by atoms with E-state index >= 15 is 0 Å². The molecule has 1 saturated heterocycles. The van der Waals surface area contributed by atoms with E-state index in [9.17, 15) is 9.59 Å². The average Bonchev–Trinajstić information content (AvgIpc) is 3.03. The number of nitrogens with one attached hydrogen (secondary N) is 1. The third-order valence-corrected chi connectivity index (χ3v) is 5.94. The van der Waals surface area contributed by atoms with E-state index in [1.807, 2.05) is 42.2 Å². The molecule has 1 fully saturated rings. The summed E-state index contributed by atoms with van der Waals surface area (Å²) in [5.41, 5.74) is 0.908. The zero-order chi connectivity index (χ0) is 18.5. The zero-order valence-electron chi connectivity index (χ0n) is 15.4. The van der Waals surface area contributed by atoms with Gasteiger partial charge in [-0.25, -0.2) is 9.89 Å². The van der Waals surface area contributed by atoms with Gasteiger partial charge in [0.05, 0.1) is 11.8 Å². The second kappa shape index (κ2) is 8.58. The van der Waals surface area contributed by atoms with Crippen LogP contribution in [-0.4, -0.2) is 49.7 Å². The second-order valence-electron chi connectivity index (χ2n) is 6.66. The van der Waals surface area contributed by atoms with Crippen LogP contribution >= 0.6 is 11.8 Å². The standard InChI is InChI=1S/C19H26N4O2S/c1-3-26-14(2)18(24)22-11-9-16(10-12-22)17-20-21-19(25)23(17)13-15-7-5-4-6-8-15/h4-8,14,16H,3,9-13H2,1-2H3,(H,21,25)/t14-/m1/s1. The molecule has 2 heterocycles. The number of aromatic nitrogens is 3. The van der Waals surface area contributed by atoms with Crippen LogP contribution in [0, 0.1) is 0 Å². The van der Waals surface area contributed by atoms with Crippen LogP contribution in [0.25, 0.3) is 0 Å². The molecule has 1 aromatic heterocycles. The first kappa shape index (κ1) is 18.8. The molecule has 1 aromatic carbocycles. The van der Waals surface area contributed by atoms with Gasteiger partial charge in [-0.3, -0.25) is 9.36 Å². The van der Waals surface area contributed by atoms with Crippen molar-refractivity contribution in [1.82, 2.24) is 19.7 Å². The van der Waals surface area contributed by atoms with Crippen molar-refractivity contribution in [3.8, 4) is 0 Å². The lowest BCUT2D eigenvalue weighted by molar-refractivity contribution is -0.131. The van der Waals surface area contributed by atoms with Crippen LogP contribution in [0.3, 0.4) is 0 Å². The Morgan fingerprint density at radius 1 is 1.31 bits per heavy atom. The summed E-state index contributed by atoms with van der Waals surface area (Å²) in [5.74, 6) is 2.18. The normalized spacial score (nSPS) is 16.6. The molecule has 140 valence electrons. The van der Waals surface area contributed by atoms with Gasteiger partial charge in [0.25, 0.3) is 0 Å². The molecule has 3 rings (SSSR count). The fourth-order valence-corrected chi connectivity index (χ4v) is 4.29. The van der Waals surface area contributed by atoms with Crippen molar-refractivity contribution < 1.29 is 4.79 Å². The van der Waals surface area contributed by atoms with E-state index in [2.05, 4.69) is 17.1 Å². The smallest absolute Gasteiger partial charge is 0.342 e. The molecule has 0 bridgehead atoms. The Hall–Kier alpha value is -2.02. The van der Waals surface area contributed by atoms with Crippen molar-refractivity contribution in [2.75, 3.05) is 18.8 Å². The first-order chi connectivity index (χ1) is 12.6. The van der Waals surface area contributed by atoms with Crippen LogP contribution in [0.4, 0.5) is 0 Å². The molecule has 1 atom stereocenters. The number of thioether (sulfide) groups is 1. The molecule has 26 heavy (non-hydrogen) atoms. The third-order valence-electron chi connectivity index (χ3n) is 4.91. The summed E-state index contributed by atoms with van der Waals surface area (Å²) >= 11 is 1.68. The number of piperidine rings is 1. The number of nitrogens with zero attached hydrogens (tertiary/aromatic N) is 3. The Balaban J connectivity index is 1.67. The lowest BCUT2D eigenvalue weighted by Crippen LogP contribution is -2.42. The molecule has 7 heteroatoms. The minimum absolute atomic E-state index is 0.0122. The maximum Gasteiger partial charge on any atom is 0.343 e. The molecule has 1 aliphatic rings. The summed E-state index contributed by atoms with van der Waals surface area (Å²) in [4.78, 5) is 26.6. The maximum absolute atomic E-state index is 12.5. The molecule has 0 radical (unpaired) electrons. The number of hydrogen-bond donors (Lipinski definition) is 1. The Morgan fingerprint density at radius 3 is 2.65 bits per heavy atom. The van der Waals surface area contributed by atoms with E-state index in [1.165, 1.54) is 0 Å². The lowest BCUT2D eigenvalue weighted by atomic mass is 9.95. The summed E-state index contributed by atoms with van der Waals surface area (Å²) in [7, 11) is 0. The Morgan fingerprint density at radius 2 is 2.00 bits per heavy atom. The van der Waals surface area contributed by atoms with Crippen LogP contribution in [0.15, 0.2) is 35.1 Å². The van der Waals surface area contributed by atoms with Gasteiger partial charge in [-0.15, -0.1) is 11.8 Å². The SMILES string of the molecule is CCS[C@H](C)C(=O)N1CCC(c2n[nH]c(=O)n2Cc2ccccc2)CC1. The molecule has 1 aliphatic heterocycles. The highest BCUT2D eigenvalue weighted by atomic mass is 32.2. The topological polar surface area (TPSA) is 71.0 Å². The zero-order valence-corrected chi connectivity index (χ0v) is 16.2. The van der Waals surface area contributed by atoms with Gasteiger partial charge in [-0.2, -0.15) is 5.10 Å². The molecular formula is C19H26N4O2S. The summed E-state index contributed by atoms with van der Waals surface area (Å²) in [5, 5.41) is 6.90. The van der Waals surface area contributed by atoms with E-state index in [1.54, 1.807) is 16.3 Å². The van der Waals surface area contributed by atoms with Crippen molar-refractivity contribution >= 4 is 17.7 Å². The van der Waals surface area contributed by atoms with Crippen LogP contribution in [0.1, 0.15) is 44.0 Å². The first-order valence-electron chi connectivity index (χ1n) is 9.19. The molecule has 6 nitrogen and oxygen atoms in total. The van der Waals surface area contributed by atoms with E-state index in [0.29, 0.717) is 6.54 Å². The number of carbonyl (C=O) groups is 1. The number of rotatable bonds is 6. The molecule has 0 unspecified atom stereocenters. The van der Waals surface area contributed by atoms with Gasteiger partial charge in [0, 0.05) is 19.0 Å². The molecule has 0 spiro atoms. The highest BCUT2D eigenvalue weighted by Gasteiger charge is 2.29. The minimum atomic E-state index is -0.171. The number of amides is 1. The average molecular weight is 375 g/mol. The summed E-state index contributed by atoms with van der Waals surface area (Å²) < 4.78 is 1.73. The number of H-pyrrole nitrogens is 1. The van der Waals surface area contributed by atoms with Gasteiger partial charge >= 0.3 is 5.69 Å². The number of hydrogen-bond acceptors (Lipinski definition) is 4. The summed E-state index contributed by atoms with van der Waals surface area (Å²) in [6, 6.07) is 9.93. The number of benzene rings is 1. The van der Waals surface area contributed by atoms with Gasteiger partial charge in [-0.05, 0) is 31.1 Å². The number of carbonyl (C=O) groups excluding carboxylic acids is 1. The Kier molecular flexibility index (Phi) is 6.19. The van der Waals surface area contributed by atoms with E-state index in [-0.39, 0.29) is 22.8 Å². The van der Waals surface area contributed by atoms with Gasteiger partial charge in [0.15, 0.2) is 0 Å². The van der Waals surface area contributed by atoms with Crippen LogP contribution in [0.5, 0.6) is 0 Å². The predicted octanol–water partition coefficient (Wildman–Crippen LogP) is 2.47. The third kappa shape index (κ3) is 4.20.